The Morgan fingerprint density at radius 2 is 1.98 bits per heavy atom. The van der Waals surface area contributed by atoms with E-state index in [1.165, 1.54) is 25.1 Å². The number of benzene rings is 1. The number of alkyl halides is 1. The zero-order chi connectivity index (χ0) is 29.3. The minimum atomic E-state index is -1.83. The second-order valence-electron chi connectivity index (χ2n) is 11.3. The van der Waals surface area contributed by atoms with Crippen LogP contribution in [0.2, 0.25) is 0 Å². The number of aromatic amines is 1. The first-order valence-corrected chi connectivity index (χ1v) is 14.2. The van der Waals surface area contributed by atoms with E-state index in [1.807, 2.05) is 24.3 Å². The maximum absolute atomic E-state index is 14.9. The molecule has 4 heterocycles. The number of carbonyl (C=O) groups excluding carboxylic acids is 1. The standard InChI is InChI=1S/C33H32F3N5O/c1-33(36)17-21(13-25(35)18-33)14-29(40-31(42)15-23-20-38-28-8-7-24(34)16-27(23)28)32-26(5-4-10-37-32)22-6-9-30(39-19-22)41-11-2-3-12-41/h4-10,13,16,18-20,29,38H,2-3,11-12,14-15,17H2,1H3,(H,40,42)/t29-,33-/m0/s1. The van der Waals surface area contributed by atoms with Gasteiger partial charge in [-0.05, 0) is 80.3 Å². The van der Waals surface area contributed by atoms with Gasteiger partial charge in [0.15, 0.2) is 0 Å². The van der Waals surface area contributed by atoms with Gasteiger partial charge in [0.1, 0.15) is 23.1 Å². The Labute approximate surface area is 242 Å². The number of hydrogen-bond donors (Lipinski definition) is 2. The number of nitrogens with zero attached hydrogens (tertiary/aromatic N) is 3. The zero-order valence-corrected chi connectivity index (χ0v) is 23.3. The van der Waals surface area contributed by atoms with Gasteiger partial charge in [0.05, 0.1) is 18.2 Å². The molecule has 1 aliphatic carbocycles. The normalized spacial score (nSPS) is 19.5. The molecule has 2 N–H and O–H groups in total. The first kappa shape index (κ1) is 27.8. The smallest absolute Gasteiger partial charge is 0.225 e. The molecule has 4 aromatic rings. The first-order chi connectivity index (χ1) is 20.2. The fourth-order valence-electron chi connectivity index (χ4n) is 6.01. The number of aromatic nitrogens is 3. The van der Waals surface area contributed by atoms with Crippen molar-refractivity contribution < 1.29 is 18.0 Å². The van der Waals surface area contributed by atoms with Gasteiger partial charge < -0.3 is 15.2 Å². The van der Waals surface area contributed by atoms with Crippen molar-refractivity contribution in [3.63, 3.8) is 0 Å². The number of pyridine rings is 2. The number of rotatable bonds is 8. The molecular formula is C33H32F3N5O. The molecule has 0 radical (unpaired) electrons. The highest BCUT2D eigenvalue weighted by Gasteiger charge is 2.30. The molecule has 3 aromatic heterocycles. The summed E-state index contributed by atoms with van der Waals surface area (Å²) in [6, 6.07) is 11.4. The van der Waals surface area contributed by atoms with Gasteiger partial charge in [0.2, 0.25) is 5.91 Å². The van der Waals surface area contributed by atoms with Crippen LogP contribution in [0.15, 0.2) is 84.6 Å². The topological polar surface area (TPSA) is 73.9 Å². The summed E-state index contributed by atoms with van der Waals surface area (Å²) in [5, 5.41) is 3.69. The summed E-state index contributed by atoms with van der Waals surface area (Å²) in [6.45, 7) is 3.30. The number of nitrogens with one attached hydrogen (secondary N) is 2. The molecule has 1 saturated heterocycles. The van der Waals surface area contributed by atoms with E-state index in [-0.39, 0.29) is 25.2 Å². The van der Waals surface area contributed by atoms with Crippen molar-refractivity contribution in [2.24, 2.45) is 0 Å². The largest absolute Gasteiger partial charge is 0.361 e. The van der Waals surface area contributed by atoms with E-state index in [0.717, 1.165) is 54.5 Å². The summed E-state index contributed by atoms with van der Waals surface area (Å²) in [7, 11) is 0. The number of halogens is 3. The molecule has 1 fully saturated rings. The van der Waals surface area contributed by atoms with E-state index >= 15 is 0 Å². The van der Waals surface area contributed by atoms with Crippen LogP contribution in [0.3, 0.4) is 0 Å². The van der Waals surface area contributed by atoms with Gasteiger partial charge >= 0.3 is 0 Å². The Kier molecular flexibility index (Phi) is 7.58. The number of amides is 1. The molecule has 216 valence electrons. The molecule has 1 aromatic carbocycles. The predicted molar refractivity (Wildman–Crippen MR) is 158 cm³/mol. The Morgan fingerprint density at radius 1 is 1.14 bits per heavy atom. The van der Waals surface area contributed by atoms with Gasteiger partial charge in [-0.15, -0.1) is 0 Å². The lowest BCUT2D eigenvalue weighted by Gasteiger charge is -2.27. The lowest BCUT2D eigenvalue weighted by atomic mass is 9.87. The van der Waals surface area contributed by atoms with Crippen LogP contribution < -0.4 is 10.2 Å². The second kappa shape index (κ2) is 11.5. The molecular weight excluding hydrogens is 539 g/mol. The van der Waals surface area contributed by atoms with Crippen LogP contribution in [0.25, 0.3) is 22.0 Å². The molecule has 9 heteroatoms. The SMILES string of the molecule is C[C@@]1(F)C=C(F)C=C(C[C@H](NC(=O)Cc2c[nH]c3ccc(F)cc23)c2ncccc2-c2ccc(N3CCCC3)nc2)C1. The van der Waals surface area contributed by atoms with Gasteiger partial charge in [0.25, 0.3) is 0 Å². The van der Waals surface area contributed by atoms with E-state index in [9.17, 15) is 18.0 Å². The molecule has 6 nitrogen and oxygen atoms in total. The molecule has 2 aliphatic rings. The van der Waals surface area contributed by atoms with E-state index in [4.69, 9.17) is 0 Å². The van der Waals surface area contributed by atoms with Gasteiger partial charge in [-0.25, -0.2) is 18.2 Å². The molecule has 6 rings (SSSR count). The molecule has 0 unspecified atom stereocenters. The monoisotopic (exact) mass is 571 g/mol. The number of anilines is 1. The molecule has 0 spiro atoms. The second-order valence-corrected chi connectivity index (χ2v) is 11.3. The van der Waals surface area contributed by atoms with Crippen LogP contribution in [-0.4, -0.2) is 39.6 Å². The Balaban J connectivity index is 1.31. The quantitative estimate of drug-likeness (QED) is 0.237. The summed E-state index contributed by atoms with van der Waals surface area (Å²) in [6.07, 6.45) is 9.89. The molecule has 2 atom stereocenters. The fourth-order valence-corrected chi connectivity index (χ4v) is 6.01. The van der Waals surface area contributed by atoms with Crippen molar-refractivity contribution in [3.05, 3.63) is 102 Å². The average Bonchev–Trinajstić information content (AvgIpc) is 3.62. The van der Waals surface area contributed by atoms with Crippen LogP contribution in [-0.2, 0) is 11.2 Å². The number of H-pyrrole nitrogens is 1. The van der Waals surface area contributed by atoms with Crippen molar-refractivity contribution in [2.45, 2.75) is 50.7 Å². The highest BCUT2D eigenvalue weighted by atomic mass is 19.1. The van der Waals surface area contributed by atoms with Gasteiger partial charge in [-0.2, -0.15) is 0 Å². The highest BCUT2D eigenvalue weighted by Crippen LogP contribution is 2.37. The maximum atomic E-state index is 14.9. The number of allylic oxidation sites excluding steroid dienone is 3. The third-order valence-electron chi connectivity index (χ3n) is 7.89. The maximum Gasteiger partial charge on any atom is 0.225 e. The molecule has 0 bridgehead atoms. The van der Waals surface area contributed by atoms with Crippen molar-refractivity contribution in [2.75, 3.05) is 18.0 Å². The van der Waals surface area contributed by atoms with E-state index in [1.54, 1.807) is 24.7 Å². The first-order valence-electron chi connectivity index (χ1n) is 14.2. The van der Waals surface area contributed by atoms with Gasteiger partial charge in [0, 0.05) is 60.1 Å². The van der Waals surface area contributed by atoms with Gasteiger partial charge in [-0.3, -0.25) is 9.78 Å². The minimum Gasteiger partial charge on any atom is -0.361 e. The van der Waals surface area contributed by atoms with Crippen LogP contribution in [0.1, 0.15) is 49.9 Å². The molecule has 1 aliphatic heterocycles. The highest BCUT2D eigenvalue weighted by molar-refractivity contribution is 5.89. The molecule has 42 heavy (non-hydrogen) atoms. The van der Waals surface area contributed by atoms with E-state index in [0.29, 0.717) is 22.2 Å². The number of fused-ring (bicyclic) bond motifs is 1. The summed E-state index contributed by atoms with van der Waals surface area (Å²) in [5.74, 6) is -0.439. The van der Waals surface area contributed by atoms with Crippen molar-refractivity contribution in [1.82, 2.24) is 20.3 Å². The van der Waals surface area contributed by atoms with E-state index < -0.39 is 23.4 Å². The fraction of sp³-hybridized carbons (Fsp3) is 0.303. The van der Waals surface area contributed by atoms with Crippen LogP contribution in [0.5, 0.6) is 0 Å². The predicted octanol–water partition coefficient (Wildman–Crippen LogP) is 7.07. The Bertz CT molecular complexity index is 1670. The Morgan fingerprint density at radius 3 is 2.74 bits per heavy atom. The lowest BCUT2D eigenvalue weighted by molar-refractivity contribution is -0.121. The molecule has 0 saturated carbocycles. The van der Waals surface area contributed by atoms with Crippen molar-refractivity contribution in [3.8, 4) is 11.1 Å². The number of carbonyl (C=O) groups is 1. The summed E-state index contributed by atoms with van der Waals surface area (Å²) >= 11 is 0. The van der Waals surface area contributed by atoms with Crippen LogP contribution >= 0.6 is 0 Å². The minimum absolute atomic E-state index is 0.00275. The van der Waals surface area contributed by atoms with E-state index in [2.05, 4.69) is 25.2 Å². The summed E-state index contributed by atoms with van der Waals surface area (Å²) < 4.78 is 43.2. The summed E-state index contributed by atoms with van der Waals surface area (Å²) in [4.78, 5) is 28.1. The Hall–Kier alpha value is -4.40. The van der Waals surface area contributed by atoms with Crippen LogP contribution in [0, 0.1) is 5.82 Å². The van der Waals surface area contributed by atoms with Gasteiger partial charge in [-0.1, -0.05) is 11.6 Å². The lowest BCUT2D eigenvalue weighted by Crippen LogP contribution is -2.32. The summed E-state index contributed by atoms with van der Waals surface area (Å²) in [5.41, 5.74) is 2.23. The third kappa shape index (κ3) is 6.10. The molecule has 1 amide bonds. The number of hydrogen-bond acceptors (Lipinski definition) is 4. The zero-order valence-electron chi connectivity index (χ0n) is 23.3. The van der Waals surface area contributed by atoms with Crippen molar-refractivity contribution in [1.29, 1.82) is 0 Å². The average molecular weight is 572 g/mol. The van der Waals surface area contributed by atoms with Crippen molar-refractivity contribution >= 4 is 22.6 Å². The van der Waals surface area contributed by atoms with Crippen LogP contribution in [0.4, 0.5) is 19.0 Å². The third-order valence-corrected chi connectivity index (χ3v) is 7.89.